The highest BCUT2D eigenvalue weighted by molar-refractivity contribution is 5.73. The number of aromatic amines is 2. The number of H-pyrrole nitrogens is 2. The Kier molecular flexibility index (Phi) is 3.81. The maximum atomic E-state index is 12.0. The molecule has 2 aromatic rings. The molecule has 2 N–H and O–H groups in total. The molecule has 0 unspecified atom stereocenters. The van der Waals surface area contributed by atoms with Crippen LogP contribution in [0.5, 0.6) is 0 Å². The average molecular weight is 291 g/mol. The average Bonchev–Trinajstić information content (AvgIpc) is 2.85. The maximum absolute atomic E-state index is 12.0. The van der Waals surface area contributed by atoms with Crippen LogP contribution < -0.4 is 16.1 Å². The topological polar surface area (TPSA) is 86.8 Å². The number of hydrogen-bond acceptors (Lipinski definition) is 4. The van der Waals surface area contributed by atoms with Crippen LogP contribution in [0.2, 0.25) is 0 Å². The second kappa shape index (κ2) is 5.75. The van der Waals surface area contributed by atoms with Crippen molar-refractivity contribution in [3.8, 4) is 0 Å². The summed E-state index contributed by atoms with van der Waals surface area (Å²) in [6.45, 7) is 4.79. The molecule has 1 saturated heterocycles. The van der Waals surface area contributed by atoms with E-state index < -0.39 is 11.2 Å². The van der Waals surface area contributed by atoms with Crippen molar-refractivity contribution in [1.29, 1.82) is 0 Å². The Morgan fingerprint density at radius 3 is 2.62 bits per heavy atom. The van der Waals surface area contributed by atoms with Crippen molar-refractivity contribution in [3.05, 3.63) is 20.8 Å². The number of fused-ring (bicyclic) bond motifs is 1. The molecule has 1 aliphatic rings. The largest absolute Gasteiger partial charge is 0.342 e. The van der Waals surface area contributed by atoms with Crippen molar-refractivity contribution >= 4 is 17.1 Å². The molecule has 1 fully saturated rings. The second-order valence-electron chi connectivity index (χ2n) is 5.57. The number of rotatable bonds is 4. The third-order valence-corrected chi connectivity index (χ3v) is 4.00. The molecule has 7 heteroatoms. The summed E-state index contributed by atoms with van der Waals surface area (Å²) in [6, 6.07) is 0. The van der Waals surface area contributed by atoms with E-state index in [9.17, 15) is 9.59 Å². The summed E-state index contributed by atoms with van der Waals surface area (Å²) in [5.74, 6) is 0.811. The molecule has 0 atom stereocenters. The molecule has 0 amide bonds. The lowest BCUT2D eigenvalue weighted by atomic mass is 10.1. The number of aryl methyl sites for hydroxylation is 1. The van der Waals surface area contributed by atoms with E-state index in [0.29, 0.717) is 11.2 Å². The molecule has 3 heterocycles. The first-order valence-corrected chi connectivity index (χ1v) is 7.68. The van der Waals surface area contributed by atoms with Crippen molar-refractivity contribution in [3.63, 3.8) is 0 Å². The van der Waals surface area contributed by atoms with Crippen molar-refractivity contribution < 1.29 is 0 Å². The van der Waals surface area contributed by atoms with E-state index in [1.54, 1.807) is 0 Å². The molecule has 0 radical (unpaired) electrons. The van der Waals surface area contributed by atoms with Gasteiger partial charge >= 0.3 is 5.69 Å². The highest BCUT2D eigenvalue weighted by Crippen LogP contribution is 2.22. The molecule has 2 aromatic heterocycles. The zero-order valence-electron chi connectivity index (χ0n) is 12.3. The Morgan fingerprint density at radius 2 is 1.90 bits per heavy atom. The van der Waals surface area contributed by atoms with Gasteiger partial charge in [-0.3, -0.25) is 19.3 Å². The van der Waals surface area contributed by atoms with Crippen LogP contribution in [0.15, 0.2) is 9.59 Å². The molecule has 0 bridgehead atoms. The van der Waals surface area contributed by atoms with Gasteiger partial charge in [-0.05, 0) is 25.7 Å². The summed E-state index contributed by atoms with van der Waals surface area (Å²) < 4.78 is 1.99. The highest BCUT2D eigenvalue weighted by atomic mass is 16.2. The highest BCUT2D eigenvalue weighted by Gasteiger charge is 2.20. The van der Waals surface area contributed by atoms with Gasteiger partial charge in [0, 0.05) is 19.6 Å². The van der Waals surface area contributed by atoms with Crippen LogP contribution in [0.25, 0.3) is 11.2 Å². The molecule has 3 rings (SSSR count). The van der Waals surface area contributed by atoms with E-state index in [1.165, 1.54) is 6.42 Å². The number of imidazole rings is 1. The Balaban J connectivity index is 2.14. The first-order valence-electron chi connectivity index (χ1n) is 7.68. The van der Waals surface area contributed by atoms with Gasteiger partial charge in [-0.1, -0.05) is 13.3 Å². The number of aromatic nitrogens is 4. The van der Waals surface area contributed by atoms with Crippen LogP contribution in [0.4, 0.5) is 5.95 Å². The third kappa shape index (κ3) is 2.59. The monoisotopic (exact) mass is 291 g/mol. The van der Waals surface area contributed by atoms with E-state index in [0.717, 1.165) is 51.3 Å². The fraction of sp³-hybridized carbons (Fsp3) is 0.643. The summed E-state index contributed by atoms with van der Waals surface area (Å²) in [5, 5.41) is 0. The molecule has 114 valence electrons. The predicted octanol–water partition coefficient (Wildman–Crippen LogP) is 1.20. The van der Waals surface area contributed by atoms with Crippen molar-refractivity contribution in [2.75, 3.05) is 18.0 Å². The first-order chi connectivity index (χ1) is 10.2. The third-order valence-electron chi connectivity index (χ3n) is 4.00. The van der Waals surface area contributed by atoms with Crippen LogP contribution in [-0.2, 0) is 6.54 Å². The number of anilines is 1. The molecule has 0 saturated carbocycles. The van der Waals surface area contributed by atoms with Crippen LogP contribution in [0.3, 0.4) is 0 Å². The lowest BCUT2D eigenvalue weighted by Gasteiger charge is -2.28. The van der Waals surface area contributed by atoms with Crippen molar-refractivity contribution in [1.82, 2.24) is 19.5 Å². The molecule has 21 heavy (non-hydrogen) atoms. The molecular formula is C14H21N5O2. The molecule has 0 aliphatic carbocycles. The van der Waals surface area contributed by atoms with Crippen LogP contribution in [0, 0.1) is 0 Å². The summed E-state index contributed by atoms with van der Waals surface area (Å²) in [4.78, 5) is 35.2. The Hall–Kier alpha value is -2.05. The summed E-state index contributed by atoms with van der Waals surface area (Å²) in [7, 11) is 0. The van der Waals surface area contributed by atoms with Gasteiger partial charge in [0.2, 0.25) is 5.95 Å². The SMILES string of the molecule is CCCCn1c(N2CCCCC2)nc2c(=O)[nH]c(=O)[nH]c21. The molecule has 0 aromatic carbocycles. The number of unbranched alkanes of at least 4 members (excludes halogenated alkanes) is 1. The lowest BCUT2D eigenvalue weighted by molar-refractivity contribution is 0.548. The van der Waals surface area contributed by atoms with Gasteiger partial charge in [-0.15, -0.1) is 0 Å². The van der Waals surface area contributed by atoms with E-state index in [-0.39, 0.29) is 0 Å². The summed E-state index contributed by atoms with van der Waals surface area (Å²) >= 11 is 0. The minimum Gasteiger partial charge on any atom is -0.342 e. The molecule has 1 aliphatic heterocycles. The minimum absolute atomic E-state index is 0.325. The number of piperidine rings is 1. The smallest absolute Gasteiger partial charge is 0.327 e. The molecular weight excluding hydrogens is 270 g/mol. The zero-order chi connectivity index (χ0) is 14.8. The van der Waals surface area contributed by atoms with Crippen LogP contribution in [-0.4, -0.2) is 32.6 Å². The predicted molar refractivity (Wildman–Crippen MR) is 81.9 cm³/mol. The van der Waals surface area contributed by atoms with Crippen LogP contribution in [0.1, 0.15) is 39.0 Å². The minimum atomic E-state index is -0.477. The number of hydrogen-bond donors (Lipinski definition) is 2. The van der Waals surface area contributed by atoms with E-state index in [1.807, 2.05) is 4.57 Å². The first kappa shape index (κ1) is 13.9. The van der Waals surface area contributed by atoms with Crippen molar-refractivity contribution in [2.45, 2.75) is 45.6 Å². The van der Waals surface area contributed by atoms with Gasteiger partial charge < -0.3 is 4.90 Å². The molecule has 7 nitrogen and oxygen atoms in total. The number of nitrogens with zero attached hydrogens (tertiary/aromatic N) is 3. The van der Waals surface area contributed by atoms with Gasteiger partial charge in [0.05, 0.1) is 0 Å². The maximum Gasteiger partial charge on any atom is 0.327 e. The quantitative estimate of drug-likeness (QED) is 0.886. The second-order valence-corrected chi connectivity index (χ2v) is 5.57. The van der Waals surface area contributed by atoms with Gasteiger partial charge in [-0.25, -0.2) is 9.78 Å². The van der Waals surface area contributed by atoms with E-state index >= 15 is 0 Å². The van der Waals surface area contributed by atoms with Gasteiger partial charge in [0.1, 0.15) is 5.65 Å². The van der Waals surface area contributed by atoms with E-state index in [2.05, 4.69) is 26.8 Å². The summed E-state index contributed by atoms with van der Waals surface area (Å²) in [6.07, 6.45) is 5.56. The van der Waals surface area contributed by atoms with Gasteiger partial charge in [0.25, 0.3) is 5.56 Å². The Bertz CT molecular complexity index is 736. The summed E-state index contributed by atoms with van der Waals surface area (Å²) in [5.41, 5.74) is -0.0262. The van der Waals surface area contributed by atoms with Crippen molar-refractivity contribution in [2.24, 2.45) is 0 Å². The fourth-order valence-corrected chi connectivity index (χ4v) is 2.89. The fourth-order valence-electron chi connectivity index (χ4n) is 2.89. The number of nitrogens with one attached hydrogen (secondary N) is 2. The standard InChI is InChI=1S/C14H21N5O2/c1-2-3-9-19-11-10(12(20)17-13(21)16-11)15-14(19)18-7-5-4-6-8-18/h2-9H2,1H3,(H2,16,17,20,21). The van der Waals surface area contributed by atoms with E-state index in [4.69, 9.17) is 0 Å². The molecule has 0 spiro atoms. The lowest BCUT2D eigenvalue weighted by Crippen LogP contribution is -2.32. The zero-order valence-corrected chi connectivity index (χ0v) is 12.3. The Labute approximate surface area is 122 Å². The van der Waals surface area contributed by atoms with Crippen LogP contribution >= 0.6 is 0 Å². The van der Waals surface area contributed by atoms with Gasteiger partial charge in [-0.2, -0.15) is 0 Å². The Morgan fingerprint density at radius 1 is 1.14 bits per heavy atom. The normalized spacial score (nSPS) is 15.8. The van der Waals surface area contributed by atoms with Gasteiger partial charge in [0.15, 0.2) is 5.52 Å².